The Morgan fingerprint density at radius 2 is 1.50 bits per heavy atom. The summed E-state index contributed by atoms with van der Waals surface area (Å²) in [6, 6.07) is 0. The zero-order chi connectivity index (χ0) is 14.0. The third-order valence-corrected chi connectivity index (χ3v) is 3.40. The lowest BCUT2D eigenvalue weighted by molar-refractivity contribution is -0.0908. The van der Waals surface area contributed by atoms with E-state index in [1.54, 1.807) is 0 Å². The van der Waals surface area contributed by atoms with Crippen LogP contribution in [-0.2, 0) is 4.74 Å². The molecule has 0 aliphatic rings. The zero-order valence-corrected chi connectivity index (χ0v) is 13.2. The van der Waals surface area contributed by atoms with E-state index in [0.29, 0.717) is 6.61 Å². The minimum atomic E-state index is -0.323. The molecule has 0 rings (SSSR count). The fourth-order valence-corrected chi connectivity index (χ4v) is 2.40. The molecule has 2 heteroatoms. The molecule has 1 N–H and O–H groups in total. The zero-order valence-electron chi connectivity index (χ0n) is 13.2. The van der Waals surface area contributed by atoms with Gasteiger partial charge in [0.05, 0.1) is 12.2 Å². The standard InChI is InChI=1S/C16H34O2/c1-6-8-9-10-11-12-13-14(17)15(18-7-2)16(3,4)5/h14-15,17H,6-13H2,1-5H3. The Labute approximate surface area is 114 Å². The first-order valence-corrected chi connectivity index (χ1v) is 7.73. The van der Waals surface area contributed by atoms with Crippen molar-refractivity contribution in [3.8, 4) is 0 Å². The smallest absolute Gasteiger partial charge is 0.0881 e. The molecule has 0 amide bonds. The molecular formula is C16H34O2. The van der Waals surface area contributed by atoms with Gasteiger partial charge in [-0.25, -0.2) is 0 Å². The van der Waals surface area contributed by atoms with E-state index in [2.05, 4.69) is 27.7 Å². The van der Waals surface area contributed by atoms with E-state index >= 15 is 0 Å². The lowest BCUT2D eigenvalue weighted by atomic mass is 9.84. The van der Waals surface area contributed by atoms with E-state index in [9.17, 15) is 5.11 Å². The Morgan fingerprint density at radius 3 is 2.00 bits per heavy atom. The molecule has 18 heavy (non-hydrogen) atoms. The topological polar surface area (TPSA) is 29.5 Å². The first kappa shape index (κ1) is 17.9. The maximum atomic E-state index is 10.3. The van der Waals surface area contributed by atoms with Crippen LogP contribution in [0.5, 0.6) is 0 Å². The van der Waals surface area contributed by atoms with E-state index in [1.807, 2.05) is 6.92 Å². The van der Waals surface area contributed by atoms with Crippen molar-refractivity contribution in [1.82, 2.24) is 0 Å². The lowest BCUT2D eigenvalue weighted by Crippen LogP contribution is -2.40. The summed E-state index contributed by atoms with van der Waals surface area (Å²) in [6.45, 7) is 11.3. The molecule has 0 saturated carbocycles. The summed E-state index contributed by atoms with van der Waals surface area (Å²) < 4.78 is 5.71. The van der Waals surface area contributed by atoms with Gasteiger partial charge in [-0.3, -0.25) is 0 Å². The number of rotatable bonds is 10. The highest BCUT2D eigenvalue weighted by atomic mass is 16.5. The summed E-state index contributed by atoms with van der Waals surface area (Å²) in [4.78, 5) is 0. The van der Waals surface area contributed by atoms with Gasteiger partial charge in [-0.05, 0) is 18.8 Å². The van der Waals surface area contributed by atoms with Gasteiger partial charge in [-0.2, -0.15) is 0 Å². The average molecular weight is 258 g/mol. The fraction of sp³-hybridized carbons (Fsp3) is 1.00. The maximum absolute atomic E-state index is 10.3. The van der Waals surface area contributed by atoms with Crippen LogP contribution < -0.4 is 0 Å². The van der Waals surface area contributed by atoms with Gasteiger partial charge in [0.25, 0.3) is 0 Å². The quantitative estimate of drug-likeness (QED) is 0.583. The number of hydrogen-bond acceptors (Lipinski definition) is 2. The van der Waals surface area contributed by atoms with Crippen LogP contribution in [0, 0.1) is 5.41 Å². The molecule has 0 aromatic heterocycles. The van der Waals surface area contributed by atoms with Crippen molar-refractivity contribution < 1.29 is 9.84 Å². The molecule has 110 valence electrons. The monoisotopic (exact) mass is 258 g/mol. The van der Waals surface area contributed by atoms with Crippen molar-refractivity contribution >= 4 is 0 Å². The van der Waals surface area contributed by atoms with Gasteiger partial charge in [-0.15, -0.1) is 0 Å². The molecule has 0 aromatic carbocycles. The van der Waals surface area contributed by atoms with Crippen molar-refractivity contribution in [3.63, 3.8) is 0 Å². The van der Waals surface area contributed by atoms with Gasteiger partial charge in [0.1, 0.15) is 0 Å². The number of aliphatic hydroxyl groups is 1. The van der Waals surface area contributed by atoms with Crippen molar-refractivity contribution in [1.29, 1.82) is 0 Å². The average Bonchev–Trinajstić information content (AvgIpc) is 2.28. The Balaban J connectivity index is 3.86. The second kappa shape index (κ2) is 9.80. The molecular weight excluding hydrogens is 224 g/mol. The van der Waals surface area contributed by atoms with Crippen LogP contribution in [0.1, 0.15) is 79.6 Å². The van der Waals surface area contributed by atoms with Crippen molar-refractivity contribution in [2.24, 2.45) is 5.41 Å². The largest absolute Gasteiger partial charge is 0.390 e. The highest BCUT2D eigenvalue weighted by Gasteiger charge is 2.31. The Kier molecular flexibility index (Phi) is 9.76. The third kappa shape index (κ3) is 8.10. The van der Waals surface area contributed by atoms with Crippen molar-refractivity contribution in [3.05, 3.63) is 0 Å². The highest BCUT2D eigenvalue weighted by molar-refractivity contribution is 4.81. The number of aliphatic hydroxyl groups excluding tert-OH is 1. The summed E-state index contributed by atoms with van der Waals surface area (Å²) in [7, 11) is 0. The Morgan fingerprint density at radius 1 is 0.944 bits per heavy atom. The van der Waals surface area contributed by atoms with Crippen LogP contribution in [-0.4, -0.2) is 23.9 Å². The van der Waals surface area contributed by atoms with Crippen molar-refractivity contribution in [2.75, 3.05) is 6.61 Å². The number of unbranched alkanes of at least 4 members (excludes halogenated alkanes) is 5. The first-order valence-electron chi connectivity index (χ1n) is 7.73. The van der Waals surface area contributed by atoms with Gasteiger partial charge in [-0.1, -0.05) is 66.2 Å². The van der Waals surface area contributed by atoms with E-state index in [-0.39, 0.29) is 17.6 Å². The van der Waals surface area contributed by atoms with Gasteiger partial charge >= 0.3 is 0 Å². The predicted octanol–water partition coefficient (Wildman–Crippen LogP) is 4.55. The molecule has 0 bridgehead atoms. The second-order valence-corrected chi connectivity index (χ2v) is 6.37. The van der Waals surface area contributed by atoms with Crippen LogP contribution in [0.3, 0.4) is 0 Å². The molecule has 0 aromatic rings. The molecule has 2 atom stereocenters. The molecule has 2 nitrogen and oxygen atoms in total. The van der Waals surface area contributed by atoms with Crippen LogP contribution in [0.2, 0.25) is 0 Å². The maximum Gasteiger partial charge on any atom is 0.0881 e. The summed E-state index contributed by atoms with van der Waals surface area (Å²) in [6.07, 6.45) is 8.12. The minimum Gasteiger partial charge on any atom is -0.390 e. The summed E-state index contributed by atoms with van der Waals surface area (Å²) in [5, 5.41) is 10.3. The van der Waals surface area contributed by atoms with Gasteiger partial charge in [0, 0.05) is 6.61 Å². The second-order valence-electron chi connectivity index (χ2n) is 6.37. The molecule has 2 unspecified atom stereocenters. The molecule has 0 aliphatic heterocycles. The number of ether oxygens (including phenoxy) is 1. The molecule has 0 fully saturated rings. The molecule has 0 radical (unpaired) electrons. The molecule has 0 heterocycles. The number of hydrogen-bond donors (Lipinski definition) is 1. The van der Waals surface area contributed by atoms with Crippen molar-refractivity contribution in [2.45, 2.75) is 91.8 Å². The Hall–Kier alpha value is -0.0800. The third-order valence-electron chi connectivity index (χ3n) is 3.40. The Bertz CT molecular complexity index is 184. The predicted molar refractivity (Wildman–Crippen MR) is 78.9 cm³/mol. The molecule has 0 saturated heterocycles. The van der Waals surface area contributed by atoms with Crippen LogP contribution in [0.4, 0.5) is 0 Å². The van der Waals surface area contributed by atoms with E-state index < -0.39 is 0 Å². The van der Waals surface area contributed by atoms with E-state index in [1.165, 1.54) is 32.1 Å². The minimum absolute atomic E-state index is 0.0115. The summed E-state index contributed by atoms with van der Waals surface area (Å²) >= 11 is 0. The highest BCUT2D eigenvalue weighted by Crippen LogP contribution is 2.27. The SMILES string of the molecule is CCCCCCCCC(O)C(OCC)C(C)(C)C. The summed E-state index contributed by atoms with van der Waals surface area (Å²) in [5.74, 6) is 0. The first-order chi connectivity index (χ1) is 8.43. The van der Waals surface area contributed by atoms with Gasteiger partial charge in [0.15, 0.2) is 0 Å². The van der Waals surface area contributed by atoms with E-state index in [4.69, 9.17) is 4.74 Å². The van der Waals surface area contributed by atoms with Gasteiger partial charge in [0.2, 0.25) is 0 Å². The van der Waals surface area contributed by atoms with Crippen LogP contribution in [0.25, 0.3) is 0 Å². The van der Waals surface area contributed by atoms with Crippen LogP contribution in [0.15, 0.2) is 0 Å². The fourth-order valence-electron chi connectivity index (χ4n) is 2.40. The van der Waals surface area contributed by atoms with E-state index in [0.717, 1.165) is 12.8 Å². The normalized spacial score (nSPS) is 15.7. The molecule has 0 aliphatic carbocycles. The van der Waals surface area contributed by atoms with Gasteiger partial charge < -0.3 is 9.84 Å². The van der Waals surface area contributed by atoms with Crippen LogP contribution >= 0.6 is 0 Å². The molecule has 0 spiro atoms. The summed E-state index contributed by atoms with van der Waals surface area (Å²) in [5.41, 5.74) is 0.0115. The lowest BCUT2D eigenvalue weighted by Gasteiger charge is -2.34.